The van der Waals surface area contributed by atoms with E-state index in [0.717, 1.165) is 98.9 Å². The molecule has 2 aromatic carbocycles. The predicted octanol–water partition coefficient (Wildman–Crippen LogP) is 6.73. The van der Waals surface area contributed by atoms with Crippen LogP contribution in [-0.2, 0) is 4.79 Å². The van der Waals surface area contributed by atoms with Gasteiger partial charge in [0.25, 0.3) is 0 Å². The van der Waals surface area contributed by atoms with Crippen LogP contribution in [0.2, 0.25) is 0 Å². The quantitative estimate of drug-likeness (QED) is 0.0850. The number of carboxylic acids is 1. The Morgan fingerprint density at radius 2 is 1.60 bits per heavy atom. The Labute approximate surface area is 239 Å². The molecule has 3 N–H and O–H groups in total. The van der Waals surface area contributed by atoms with Crippen molar-refractivity contribution in [1.82, 2.24) is 0 Å². The summed E-state index contributed by atoms with van der Waals surface area (Å²) in [4.78, 5) is 25.0. The number of nitrogens with zero attached hydrogens (tertiary/aromatic N) is 2. The zero-order valence-electron chi connectivity index (χ0n) is 23.0. The third kappa shape index (κ3) is 8.51. The number of piperidine rings is 1. The summed E-state index contributed by atoms with van der Waals surface area (Å²) in [7, 11) is 2.24. The largest absolute Gasteiger partial charge is 0.481 e. The smallest absolute Gasteiger partial charge is 0.303 e. The van der Waals surface area contributed by atoms with Gasteiger partial charge >= 0.3 is 5.97 Å². The van der Waals surface area contributed by atoms with E-state index in [1.807, 2.05) is 0 Å². The normalized spacial score (nSPS) is 18.9. The van der Waals surface area contributed by atoms with Crippen LogP contribution in [0, 0.1) is 23.4 Å². The summed E-state index contributed by atoms with van der Waals surface area (Å²) < 4.78 is 42.9. The molecule has 0 aliphatic carbocycles. The van der Waals surface area contributed by atoms with Crippen LogP contribution >= 0.6 is 12.2 Å². The van der Waals surface area contributed by atoms with Crippen molar-refractivity contribution < 1.29 is 32.3 Å². The van der Waals surface area contributed by atoms with Gasteiger partial charge in [0.15, 0.2) is 28.3 Å². The molecule has 0 radical (unpaired) electrons. The van der Waals surface area contributed by atoms with Crippen LogP contribution in [-0.4, -0.2) is 53.1 Å². The van der Waals surface area contributed by atoms with Crippen molar-refractivity contribution >= 4 is 40.5 Å². The number of thiocarbonyl (C=S) groups is 1. The van der Waals surface area contributed by atoms with E-state index in [2.05, 4.69) is 7.05 Å². The van der Waals surface area contributed by atoms with Crippen LogP contribution in [0.5, 0.6) is 0 Å². The summed E-state index contributed by atoms with van der Waals surface area (Å²) >= 11 is 5.07. The summed E-state index contributed by atoms with van der Waals surface area (Å²) in [5.41, 5.74) is 6.22. The van der Waals surface area contributed by atoms with Crippen molar-refractivity contribution in [3.63, 3.8) is 0 Å². The summed E-state index contributed by atoms with van der Waals surface area (Å²) in [6.45, 7) is 2.88. The number of unbranched alkanes of at least 4 members (excludes halogenated alkanes) is 6. The number of carbonyl (C=O) groups is 2. The number of carbonyl (C=O) groups excluding carboxylic acids is 1. The lowest BCUT2D eigenvalue weighted by Gasteiger charge is -2.40. The number of Topliss-reactive ketones (excluding diaryl/α,β-unsaturated/α-hetero) is 1. The van der Waals surface area contributed by atoms with Gasteiger partial charge < -0.3 is 15.3 Å². The number of rotatable bonds is 14. The molecule has 10 heteroatoms. The van der Waals surface area contributed by atoms with E-state index in [1.54, 1.807) is 24.3 Å². The number of halogens is 3. The van der Waals surface area contributed by atoms with Gasteiger partial charge in [-0.2, -0.15) is 0 Å². The number of nitrogens with two attached hydrogens (primary N) is 1. The average Bonchev–Trinajstić information content (AvgIpc) is 2.92. The van der Waals surface area contributed by atoms with Crippen molar-refractivity contribution in [1.29, 1.82) is 0 Å². The number of quaternary nitrogens is 1. The molecule has 2 aromatic rings. The monoisotopic (exact) mass is 578 g/mol. The molecule has 40 heavy (non-hydrogen) atoms. The lowest BCUT2D eigenvalue weighted by Crippen LogP contribution is -2.51. The summed E-state index contributed by atoms with van der Waals surface area (Å²) in [6.07, 6.45) is 9.14. The first-order valence-corrected chi connectivity index (χ1v) is 14.4. The first kappa shape index (κ1) is 31.5. The lowest BCUT2D eigenvalue weighted by molar-refractivity contribution is -0.915. The molecule has 1 saturated heterocycles. The number of hydrogen-bond donors (Lipinski definition) is 2. The Morgan fingerprint density at radius 3 is 2.23 bits per heavy atom. The Morgan fingerprint density at radius 1 is 0.975 bits per heavy atom. The first-order chi connectivity index (χ1) is 19.0. The highest BCUT2D eigenvalue weighted by Gasteiger charge is 2.33. The van der Waals surface area contributed by atoms with Gasteiger partial charge in [0.2, 0.25) is 0 Å². The van der Waals surface area contributed by atoms with Crippen LogP contribution in [0.1, 0.15) is 74.6 Å². The maximum absolute atomic E-state index is 14.5. The van der Waals surface area contributed by atoms with Crippen molar-refractivity contribution in [2.75, 3.05) is 31.6 Å². The predicted molar refractivity (Wildman–Crippen MR) is 154 cm³/mol. The lowest BCUT2D eigenvalue weighted by atomic mass is 9.87. The molecular formula is C30H39F3N3O3S+. The molecule has 1 aliphatic heterocycles. The van der Waals surface area contributed by atoms with Gasteiger partial charge in [-0.15, -0.1) is 0 Å². The Kier molecular flexibility index (Phi) is 11.5. The van der Waals surface area contributed by atoms with E-state index < -0.39 is 23.4 Å². The maximum atomic E-state index is 14.5. The van der Waals surface area contributed by atoms with Gasteiger partial charge in [0.05, 0.1) is 32.4 Å². The van der Waals surface area contributed by atoms with Crippen LogP contribution in [0.25, 0.3) is 0 Å². The molecule has 218 valence electrons. The molecule has 1 fully saturated rings. The van der Waals surface area contributed by atoms with E-state index in [4.69, 9.17) is 23.1 Å². The molecule has 0 unspecified atom stereocenters. The van der Waals surface area contributed by atoms with Gasteiger partial charge in [0.1, 0.15) is 0 Å². The summed E-state index contributed by atoms with van der Waals surface area (Å²) in [6, 6.07) is 8.34. The molecule has 0 saturated carbocycles. The second-order valence-electron chi connectivity index (χ2n) is 11.0. The molecule has 1 heterocycles. The highest BCUT2D eigenvalue weighted by Crippen LogP contribution is 2.32. The number of ketones is 1. The maximum Gasteiger partial charge on any atom is 0.303 e. The molecule has 0 bridgehead atoms. The van der Waals surface area contributed by atoms with E-state index in [9.17, 15) is 22.8 Å². The molecule has 6 nitrogen and oxygen atoms in total. The SMILES string of the molecule is C[N+]1(CCCCCCCCCC(=O)O)CCC(C(=O)c2cccc(N(C(N)=S)c3ccc(F)c(F)c3F)c2)CC1. The Balaban J connectivity index is 1.53. The molecule has 1 aliphatic rings. The Hall–Kier alpha value is -2.98. The van der Waals surface area contributed by atoms with Crippen molar-refractivity contribution in [2.45, 2.75) is 64.2 Å². The van der Waals surface area contributed by atoms with Crippen LogP contribution in [0.15, 0.2) is 36.4 Å². The van der Waals surface area contributed by atoms with E-state index in [1.165, 1.54) is 0 Å². The van der Waals surface area contributed by atoms with Crippen LogP contribution in [0.4, 0.5) is 24.5 Å². The number of carboxylic acid groups (broad SMARTS) is 1. The summed E-state index contributed by atoms with van der Waals surface area (Å²) in [5.74, 6) is -5.22. The summed E-state index contributed by atoms with van der Waals surface area (Å²) in [5, 5.41) is 8.42. The molecular weight excluding hydrogens is 539 g/mol. The molecule has 0 spiro atoms. The molecule has 0 atom stereocenters. The van der Waals surface area contributed by atoms with Crippen molar-refractivity contribution in [3.8, 4) is 0 Å². The molecule has 0 amide bonds. The van der Waals surface area contributed by atoms with Gasteiger partial charge in [0, 0.05) is 36.4 Å². The fourth-order valence-corrected chi connectivity index (χ4v) is 5.64. The number of benzene rings is 2. The first-order valence-electron chi connectivity index (χ1n) is 13.9. The standard InChI is InChI=1S/C30H38F3N3O3S/c1-36(17-8-6-4-2-3-5-7-12-26(37)38)18-15-21(16-19-36)29(39)22-10-9-11-23(20-22)35(30(34)40)25-14-13-24(31)27(32)28(25)33/h9-11,13-14,20-21H,2-8,12,15-19H2,1H3,(H2-,34,37,38,40)/p+1. The Bertz CT molecular complexity index is 1200. The zero-order valence-corrected chi connectivity index (χ0v) is 23.8. The second kappa shape index (κ2) is 14.6. The number of aliphatic carboxylic acids is 1. The highest BCUT2D eigenvalue weighted by atomic mass is 32.1. The number of hydrogen-bond acceptors (Lipinski definition) is 3. The van der Waals surface area contributed by atoms with E-state index >= 15 is 0 Å². The van der Waals surface area contributed by atoms with Gasteiger partial charge in [-0.3, -0.25) is 14.5 Å². The minimum atomic E-state index is -1.62. The molecule has 3 rings (SSSR count). The van der Waals surface area contributed by atoms with E-state index in [0.29, 0.717) is 11.3 Å². The van der Waals surface area contributed by atoms with Crippen molar-refractivity contribution in [2.24, 2.45) is 11.7 Å². The van der Waals surface area contributed by atoms with E-state index in [-0.39, 0.29) is 28.9 Å². The third-order valence-corrected chi connectivity index (χ3v) is 8.04. The number of anilines is 2. The fraction of sp³-hybridized carbons (Fsp3) is 0.500. The van der Waals surface area contributed by atoms with Gasteiger partial charge in [-0.1, -0.05) is 37.8 Å². The average molecular weight is 579 g/mol. The van der Waals surface area contributed by atoms with Gasteiger partial charge in [-0.05, 0) is 55.7 Å². The third-order valence-electron chi connectivity index (χ3n) is 7.86. The minimum absolute atomic E-state index is 0.00959. The minimum Gasteiger partial charge on any atom is -0.481 e. The molecule has 0 aromatic heterocycles. The number of likely N-dealkylation sites (tertiary alicyclic amines) is 1. The van der Waals surface area contributed by atoms with Gasteiger partial charge in [-0.25, -0.2) is 13.2 Å². The van der Waals surface area contributed by atoms with Crippen LogP contribution < -0.4 is 10.6 Å². The van der Waals surface area contributed by atoms with Crippen LogP contribution in [0.3, 0.4) is 0 Å². The second-order valence-corrected chi connectivity index (χ2v) is 11.4. The van der Waals surface area contributed by atoms with Crippen molar-refractivity contribution in [3.05, 3.63) is 59.4 Å². The topological polar surface area (TPSA) is 83.6 Å². The fourth-order valence-electron chi connectivity index (χ4n) is 5.44. The zero-order chi connectivity index (χ0) is 29.3. The highest BCUT2D eigenvalue weighted by molar-refractivity contribution is 7.80.